The highest BCUT2D eigenvalue weighted by Crippen LogP contribution is 2.39. The number of methoxy groups -OCH3 is 3. The van der Waals surface area contributed by atoms with Gasteiger partial charge in [0.15, 0.2) is 29.6 Å². The van der Waals surface area contributed by atoms with E-state index in [2.05, 4.69) is 0 Å². The number of hydrogen-bond acceptors (Lipinski definition) is 6. The van der Waals surface area contributed by atoms with Gasteiger partial charge in [0.2, 0.25) is 0 Å². The molecule has 35 heavy (non-hydrogen) atoms. The van der Waals surface area contributed by atoms with Crippen molar-refractivity contribution in [2.24, 2.45) is 0 Å². The number of para-hydroxylation sites is 2. The van der Waals surface area contributed by atoms with Crippen LogP contribution in [0, 0.1) is 0 Å². The Kier molecular flexibility index (Phi) is 7.87. The van der Waals surface area contributed by atoms with Crippen molar-refractivity contribution < 1.29 is 28.5 Å². The first-order valence-electron chi connectivity index (χ1n) is 11.2. The lowest BCUT2D eigenvalue weighted by Crippen LogP contribution is -2.44. The third kappa shape index (κ3) is 5.57. The standard InChI is InChI=1S/C27H28ClNO6/c1-31-23-6-4-5-7-24(23)35-16-22-21-15-26(33-3)25(32-2)14-18(21)12-13-29(22)27(30)17-34-20-10-8-19(28)9-11-20/h4-11,14-15,22H,12-13,16-17H2,1-3H3/t22-/m1/s1. The second kappa shape index (κ2) is 11.2. The van der Waals surface area contributed by atoms with E-state index in [1.165, 1.54) is 0 Å². The van der Waals surface area contributed by atoms with Crippen molar-refractivity contribution >= 4 is 17.5 Å². The molecule has 0 spiro atoms. The molecule has 0 aromatic heterocycles. The molecule has 1 atom stereocenters. The number of benzene rings is 3. The lowest BCUT2D eigenvalue weighted by atomic mass is 9.92. The molecule has 3 aromatic rings. The fourth-order valence-electron chi connectivity index (χ4n) is 4.17. The van der Waals surface area contributed by atoms with Crippen LogP contribution in [0.4, 0.5) is 0 Å². The zero-order valence-corrected chi connectivity index (χ0v) is 20.7. The summed E-state index contributed by atoms with van der Waals surface area (Å²) in [7, 11) is 4.80. The van der Waals surface area contributed by atoms with Crippen molar-refractivity contribution in [1.82, 2.24) is 4.90 Å². The van der Waals surface area contributed by atoms with Gasteiger partial charge in [-0.25, -0.2) is 0 Å². The van der Waals surface area contributed by atoms with Crippen LogP contribution < -0.4 is 23.7 Å². The van der Waals surface area contributed by atoms with Crippen molar-refractivity contribution in [1.29, 1.82) is 0 Å². The van der Waals surface area contributed by atoms with E-state index in [9.17, 15) is 4.79 Å². The lowest BCUT2D eigenvalue weighted by molar-refractivity contribution is -0.137. The van der Waals surface area contributed by atoms with E-state index in [0.717, 1.165) is 11.1 Å². The summed E-state index contributed by atoms with van der Waals surface area (Å²) in [5, 5.41) is 0.606. The van der Waals surface area contributed by atoms with Crippen LogP contribution in [0.2, 0.25) is 5.02 Å². The van der Waals surface area contributed by atoms with Crippen molar-refractivity contribution in [3.8, 4) is 28.7 Å². The third-order valence-electron chi connectivity index (χ3n) is 5.96. The summed E-state index contributed by atoms with van der Waals surface area (Å²) in [6, 6.07) is 17.9. The van der Waals surface area contributed by atoms with Gasteiger partial charge in [-0.15, -0.1) is 0 Å². The molecule has 1 aliphatic heterocycles. The first-order chi connectivity index (χ1) is 17.0. The van der Waals surface area contributed by atoms with Crippen LogP contribution in [0.25, 0.3) is 0 Å². The smallest absolute Gasteiger partial charge is 0.261 e. The molecule has 0 saturated heterocycles. The van der Waals surface area contributed by atoms with Gasteiger partial charge < -0.3 is 28.6 Å². The van der Waals surface area contributed by atoms with E-state index in [1.807, 2.05) is 36.4 Å². The van der Waals surface area contributed by atoms with Crippen LogP contribution in [-0.4, -0.2) is 51.9 Å². The summed E-state index contributed by atoms with van der Waals surface area (Å²) in [4.78, 5) is 15.1. The second-order valence-corrected chi connectivity index (χ2v) is 8.40. The first kappa shape index (κ1) is 24.5. The summed E-state index contributed by atoms with van der Waals surface area (Å²) < 4.78 is 28.3. The Hall–Kier alpha value is -3.58. The summed E-state index contributed by atoms with van der Waals surface area (Å²) in [6.07, 6.45) is 0.674. The Morgan fingerprint density at radius 2 is 1.54 bits per heavy atom. The minimum Gasteiger partial charge on any atom is -0.493 e. The van der Waals surface area contributed by atoms with E-state index in [0.29, 0.717) is 46.7 Å². The molecule has 1 heterocycles. The highest BCUT2D eigenvalue weighted by Gasteiger charge is 2.33. The number of nitrogens with zero attached hydrogens (tertiary/aromatic N) is 1. The molecule has 0 saturated carbocycles. The SMILES string of the molecule is COc1cc2c(cc1OC)[C@@H](COc1ccccc1OC)N(C(=O)COc1ccc(Cl)cc1)CC2. The highest BCUT2D eigenvalue weighted by molar-refractivity contribution is 6.30. The minimum absolute atomic E-state index is 0.102. The molecule has 0 fully saturated rings. The molecule has 8 heteroatoms. The van der Waals surface area contributed by atoms with Gasteiger partial charge in [0.05, 0.1) is 27.4 Å². The minimum atomic E-state index is -0.357. The summed E-state index contributed by atoms with van der Waals surface area (Å²) in [5.74, 6) is 2.91. The first-order valence-corrected chi connectivity index (χ1v) is 11.6. The van der Waals surface area contributed by atoms with Crippen molar-refractivity contribution in [2.75, 3.05) is 41.1 Å². The summed E-state index contributed by atoms with van der Waals surface area (Å²) in [6.45, 7) is 0.649. The molecule has 0 unspecified atom stereocenters. The van der Waals surface area contributed by atoms with Gasteiger partial charge >= 0.3 is 0 Å². The van der Waals surface area contributed by atoms with Gasteiger partial charge in [-0.1, -0.05) is 23.7 Å². The van der Waals surface area contributed by atoms with E-state index in [1.54, 1.807) is 50.5 Å². The van der Waals surface area contributed by atoms with E-state index >= 15 is 0 Å². The molecule has 0 bridgehead atoms. The maximum absolute atomic E-state index is 13.3. The predicted octanol–water partition coefficient (Wildman–Crippen LogP) is 4.95. The van der Waals surface area contributed by atoms with Crippen molar-refractivity contribution in [3.05, 3.63) is 76.8 Å². The van der Waals surface area contributed by atoms with Gasteiger partial charge in [0.25, 0.3) is 5.91 Å². The molecule has 1 amide bonds. The molecular weight excluding hydrogens is 470 g/mol. The number of rotatable bonds is 9. The number of ether oxygens (including phenoxy) is 5. The van der Waals surface area contributed by atoms with Gasteiger partial charge in [0.1, 0.15) is 12.4 Å². The quantitative estimate of drug-likeness (QED) is 0.417. The molecular formula is C27H28ClNO6. The zero-order valence-electron chi connectivity index (χ0n) is 20.0. The summed E-state index contributed by atoms with van der Waals surface area (Å²) >= 11 is 5.94. The predicted molar refractivity (Wildman–Crippen MR) is 133 cm³/mol. The van der Waals surface area contributed by atoms with Crippen LogP contribution in [0.15, 0.2) is 60.7 Å². The van der Waals surface area contributed by atoms with Crippen molar-refractivity contribution in [2.45, 2.75) is 12.5 Å². The number of carbonyl (C=O) groups is 1. The molecule has 0 aliphatic carbocycles. The molecule has 1 aliphatic rings. The molecule has 184 valence electrons. The summed E-state index contributed by atoms with van der Waals surface area (Å²) in [5.41, 5.74) is 2.03. The Labute approximate surface area is 210 Å². The monoisotopic (exact) mass is 497 g/mol. The van der Waals surface area contributed by atoms with Crippen LogP contribution in [0.1, 0.15) is 17.2 Å². The van der Waals surface area contributed by atoms with E-state index < -0.39 is 0 Å². The normalized spacial score (nSPS) is 14.6. The third-order valence-corrected chi connectivity index (χ3v) is 6.22. The zero-order chi connectivity index (χ0) is 24.8. The maximum atomic E-state index is 13.3. The fraction of sp³-hybridized carbons (Fsp3) is 0.296. The van der Waals surface area contributed by atoms with Crippen LogP contribution >= 0.6 is 11.6 Å². The molecule has 0 N–H and O–H groups in total. The van der Waals surface area contributed by atoms with Gasteiger partial charge in [-0.3, -0.25) is 4.79 Å². The number of amides is 1. The van der Waals surface area contributed by atoms with Crippen molar-refractivity contribution in [3.63, 3.8) is 0 Å². The van der Waals surface area contributed by atoms with Crippen LogP contribution in [0.5, 0.6) is 28.7 Å². The Bertz CT molecular complexity index is 1170. The molecule has 0 radical (unpaired) electrons. The lowest BCUT2D eigenvalue weighted by Gasteiger charge is -2.37. The number of halogens is 1. The Balaban J connectivity index is 1.60. The number of hydrogen-bond donors (Lipinski definition) is 0. The van der Waals surface area contributed by atoms with Crippen LogP contribution in [0.3, 0.4) is 0 Å². The number of carbonyl (C=O) groups excluding carboxylic acids is 1. The van der Waals surface area contributed by atoms with E-state index in [-0.39, 0.29) is 25.2 Å². The average Bonchev–Trinajstić information content (AvgIpc) is 2.90. The average molecular weight is 498 g/mol. The molecule has 4 rings (SSSR count). The Morgan fingerprint density at radius 3 is 2.23 bits per heavy atom. The second-order valence-electron chi connectivity index (χ2n) is 7.96. The molecule has 3 aromatic carbocycles. The maximum Gasteiger partial charge on any atom is 0.261 e. The van der Waals surface area contributed by atoms with Gasteiger partial charge in [-0.2, -0.15) is 0 Å². The van der Waals surface area contributed by atoms with Gasteiger partial charge in [0, 0.05) is 11.6 Å². The Morgan fingerprint density at radius 1 is 0.886 bits per heavy atom. The topological polar surface area (TPSA) is 66.5 Å². The number of fused-ring (bicyclic) bond motifs is 1. The molecule has 7 nitrogen and oxygen atoms in total. The highest BCUT2D eigenvalue weighted by atomic mass is 35.5. The largest absolute Gasteiger partial charge is 0.493 e. The van der Waals surface area contributed by atoms with E-state index in [4.69, 9.17) is 35.3 Å². The van der Waals surface area contributed by atoms with Crippen LogP contribution in [-0.2, 0) is 11.2 Å². The fourth-order valence-corrected chi connectivity index (χ4v) is 4.30. The van der Waals surface area contributed by atoms with Gasteiger partial charge in [-0.05, 0) is 66.1 Å².